The van der Waals surface area contributed by atoms with Crippen LogP contribution in [-0.2, 0) is 4.74 Å². The maximum absolute atomic E-state index is 13.0. The highest BCUT2D eigenvalue weighted by atomic mass is 16.7. The standard InChI is InChI=1S/C22H22O9/c1-10-18(24)20(26)21(27)22(30-10)31-13-7-15(23)17-16(8-13)29-9-14(19(17)25)11-3-5-12(28-2)6-4-11/h3-10,18,20-24,26-27H,1-2H3/t10-,18-,20+,21+,22-/m0/s1. The van der Waals surface area contributed by atoms with Crippen LogP contribution in [0.25, 0.3) is 22.1 Å². The number of fused-ring (bicyclic) bond motifs is 1. The van der Waals surface area contributed by atoms with Crippen LogP contribution >= 0.6 is 0 Å². The smallest absolute Gasteiger partial charge is 0.229 e. The fraction of sp³-hybridized carbons (Fsp3) is 0.318. The van der Waals surface area contributed by atoms with Gasteiger partial charge in [-0.25, -0.2) is 0 Å². The first kappa shape index (κ1) is 21.1. The average Bonchev–Trinajstić information content (AvgIpc) is 2.76. The zero-order chi connectivity index (χ0) is 22.3. The van der Waals surface area contributed by atoms with Crippen molar-refractivity contribution >= 4 is 11.0 Å². The van der Waals surface area contributed by atoms with Gasteiger partial charge < -0.3 is 39.1 Å². The normalized spacial score (nSPS) is 26.0. The van der Waals surface area contributed by atoms with Crippen molar-refractivity contribution in [1.29, 1.82) is 0 Å². The van der Waals surface area contributed by atoms with E-state index in [4.69, 9.17) is 18.6 Å². The third-order valence-corrected chi connectivity index (χ3v) is 5.29. The third-order valence-electron chi connectivity index (χ3n) is 5.29. The summed E-state index contributed by atoms with van der Waals surface area (Å²) in [6.07, 6.45) is -5.06. The van der Waals surface area contributed by atoms with Gasteiger partial charge in [0.05, 0.1) is 18.8 Å². The van der Waals surface area contributed by atoms with E-state index in [1.807, 2.05) is 0 Å². The van der Waals surface area contributed by atoms with Crippen LogP contribution < -0.4 is 14.9 Å². The van der Waals surface area contributed by atoms with Gasteiger partial charge in [0, 0.05) is 12.1 Å². The van der Waals surface area contributed by atoms with Crippen LogP contribution in [-0.4, -0.2) is 58.2 Å². The van der Waals surface area contributed by atoms with Gasteiger partial charge in [0.25, 0.3) is 0 Å². The monoisotopic (exact) mass is 430 g/mol. The van der Waals surface area contributed by atoms with Gasteiger partial charge in [-0.15, -0.1) is 0 Å². The zero-order valence-corrected chi connectivity index (χ0v) is 16.8. The molecule has 9 nitrogen and oxygen atoms in total. The summed E-state index contributed by atoms with van der Waals surface area (Å²) in [4.78, 5) is 13.0. The molecule has 5 atom stereocenters. The van der Waals surface area contributed by atoms with E-state index in [1.54, 1.807) is 24.3 Å². The summed E-state index contributed by atoms with van der Waals surface area (Å²) in [7, 11) is 1.54. The lowest BCUT2D eigenvalue weighted by Gasteiger charge is -2.38. The van der Waals surface area contributed by atoms with E-state index >= 15 is 0 Å². The third kappa shape index (κ3) is 3.84. The van der Waals surface area contributed by atoms with Gasteiger partial charge in [-0.3, -0.25) is 4.79 Å². The van der Waals surface area contributed by atoms with Crippen molar-refractivity contribution in [3.63, 3.8) is 0 Å². The Hall–Kier alpha value is -3.11. The molecule has 1 aliphatic rings. The molecule has 1 aliphatic heterocycles. The first-order valence-corrected chi connectivity index (χ1v) is 9.59. The van der Waals surface area contributed by atoms with Crippen molar-refractivity contribution in [3.05, 3.63) is 52.9 Å². The van der Waals surface area contributed by atoms with Crippen LogP contribution in [0, 0.1) is 0 Å². The van der Waals surface area contributed by atoms with Crippen LogP contribution in [0.5, 0.6) is 17.2 Å². The number of benzene rings is 2. The maximum atomic E-state index is 13.0. The van der Waals surface area contributed by atoms with Crippen LogP contribution in [0.4, 0.5) is 0 Å². The molecule has 0 unspecified atom stereocenters. The molecule has 31 heavy (non-hydrogen) atoms. The van der Waals surface area contributed by atoms with Crippen molar-refractivity contribution in [1.82, 2.24) is 0 Å². The molecule has 2 aromatic carbocycles. The second-order valence-electron chi connectivity index (χ2n) is 7.32. The van der Waals surface area contributed by atoms with Crippen LogP contribution in [0.3, 0.4) is 0 Å². The summed E-state index contributed by atoms with van der Waals surface area (Å²) in [5.41, 5.74) is 0.486. The summed E-state index contributed by atoms with van der Waals surface area (Å²) in [6.45, 7) is 1.52. The molecule has 0 aliphatic carbocycles. The fourth-order valence-corrected chi connectivity index (χ4v) is 3.49. The Balaban J connectivity index is 1.67. The number of phenolic OH excluding ortho intramolecular Hbond substituents is 1. The number of rotatable bonds is 4. The summed E-state index contributed by atoms with van der Waals surface area (Å²) in [5.74, 6) is 0.304. The van der Waals surface area contributed by atoms with E-state index in [2.05, 4.69) is 0 Å². The van der Waals surface area contributed by atoms with Crippen LogP contribution in [0.1, 0.15) is 6.92 Å². The molecule has 0 radical (unpaired) electrons. The van der Waals surface area contributed by atoms with Gasteiger partial charge in [0.2, 0.25) is 11.7 Å². The Labute approximate surface area is 176 Å². The van der Waals surface area contributed by atoms with Gasteiger partial charge in [-0.1, -0.05) is 12.1 Å². The fourth-order valence-electron chi connectivity index (χ4n) is 3.49. The number of hydrogen-bond donors (Lipinski definition) is 4. The highest BCUT2D eigenvalue weighted by molar-refractivity contribution is 5.88. The predicted molar refractivity (Wildman–Crippen MR) is 109 cm³/mol. The Morgan fingerprint density at radius 1 is 0.968 bits per heavy atom. The minimum atomic E-state index is -1.52. The SMILES string of the molecule is COc1ccc(-c2coc3cc(O[C@@H]4O[C@@H](C)[C@H](O)[C@@H](O)[C@H]4O)cc(O)c3c2=O)cc1. The molecule has 4 rings (SSSR count). The molecule has 164 valence electrons. The van der Waals surface area contributed by atoms with Crippen molar-refractivity contribution in [2.45, 2.75) is 37.6 Å². The number of aromatic hydroxyl groups is 1. The molecule has 0 bridgehead atoms. The average molecular weight is 430 g/mol. The molecule has 0 saturated carbocycles. The topological polar surface area (TPSA) is 139 Å². The maximum Gasteiger partial charge on any atom is 0.229 e. The number of methoxy groups -OCH3 is 1. The van der Waals surface area contributed by atoms with E-state index in [9.17, 15) is 25.2 Å². The molecule has 1 saturated heterocycles. The summed E-state index contributed by atoms with van der Waals surface area (Å²) >= 11 is 0. The molecule has 3 aromatic rings. The number of ether oxygens (including phenoxy) is 3. The Bertz CT molecular complexity index is 1140. The van der Waals surface area contributed by atoms with E-state index in [-0.39, 0.29) is 28.0 Å². The summed E-state index contributed by atoms with van der Waals surface area (Å²) < 4.78 is 21.6. The minimum absolute atomic E-state index is 0.0328. The first-order valence-electron chi connectivity index (χ1n) is 9.59. The highest BCUT2D eigenvalue weighted by Gasteiger charge is 2.43. The summed E-state index contributed by atoms with van der Waals surface area (Å²) in [6, 6.07) is 9.37. The minimum Gasteiger partial charge on any atom is -0.507 e. The Kier molecular flexibility index (Phi) is 5.59. The van der Waals surface area contributed by atoms with E-state index in [1.165, 1.54) is 32.4 Å². The highest BCUT2D eigenvalue weighted by Crippen LogP contribution is 2.32. The van der Waals surface area contributed by atoms with Gasteiger partial charge >= 0.3 is 0 Å². The van der Waals surface area contributed by atoms with Gasteiger partial charge in [0.1, 0.15) is 52.8 Å². The van der Waals surface area contributed by atoms with E-state index in [0.717, 1.165) is 0 Å². The van der Waals surface area contributed by atoms with Crippen LogP contribution in [0.15, 0.2) is 51.9 Å². The van der Waals surface area contributed by atoms with E-state index in [0.29, 0.717) is 11.3 Å². The number of aliphatic hydroxyl groups excluding tert-OH is 3. The van der Waals surface area contributed by atoms with Gasteiger partial charge in [-0.05, 0) is 24.6 Å². The summed E-state index contributed by atoms with van der Waals surface area (Å²) in [5, 5.41) is 40.3. The lowest BCUT2D eigenvalue weighted by molar-refractivity contribution is -0.268. The largest absolute Gasteiger partial charge is 0.507 e. The Morgan fingerprint density at radius 2 is 1.68 bits per heavy atom. The van der Waals surface area contributed by atoms with Crippen LogP contribution in [0.2, 0.25) is 0 Å². The molecular weight excluding hydrogens is 408 g/mol. The van der Waals surface area contributed by atoms with Crippen molar-refractivity contribution < 1.29 is 39.1 Å². The molecule has 1 aromatic heterocycles. The Morgan fingerprint density at radius 3 is 2.35 bits per heavy atom. The molecular formula is C22H22O9. The zero-order valence-electron chi connectivity index (χ0n) is 16.8. The quantitative estimate of drug-likeness (QED) is 0.483. The van der Waals surface area contributed by atoms with Gasteiger partial charge in [-0.2, -0.15) is 0 Å². The van der Waals surface area contributed by atoms with Crippen molar-refractivity contribution in [2.24, 2.45) is 0 Å². The molecule has 9 heteroatoms. The number of hydrogen-bond acceptors (Lipinski definition) is 9. The number of aliphatic hydroxyl groups is 3. The molecule has 2 heterocycles. The van der Waals surface area contributed by atoms with Crippen molar-refractivity contribution in [3.8, 4) is 28.4 Å². The van der Waals surface area contributed by atoms with Crippen molar-refractivity contribution in [2.75, 3.05) is 7.11 Å². The second kappa shape index (κ2) is 8.20. The predicted octanol–water partition coefficient (Wildman–Crippen LogP) is 1.38. The second-order valence-corrected chi connectivity index (χ2v) is 7.32. The van der Waals surface area contributed by atoms with E-state index < -0.39 is 36.1 Å². The van der Waals surface area contributed by atoms with Gasteiger partial charge in [0.15, 0.2) is 0 Å². The first-order chi connectivity index (χ1) is 14.8. The molecule has 4 N–H and O–H groups in total. The molecule has 0 amide bonds. The lowest BCUT2D eigenvalue weighted by atomic mass is 10.00. The lowest BCUT2D eigenvalue weighted by Crippen LogP contribution is -2.58. The number of phenols is 1. The molecule has 0 spiro atoms. The molecule has 1 fully saturated rings.